The Bertz CT molecular complexity index is 4060. The van der Waals surface area contributed by atoms with Gasteiger partial charge in [0.05, 0.1) is 40.0 Å². The molecule has 9 aromatic heterocycles. The highest BCUT2D eigenvalue weighted by Crippen LogP contribution is 2.37. The van der Waals surface area contributed by atoms with Crippen molar-refractivity contribution >= 4 is 111 Å². The summed E-state index contributed by atoms with van der Waals surface area (Å²) in [6, 6.07) is 12.6. The van der Waals surface area contributed by atoms with E-state index in [9.17, 15) is 18.0 Å². The molecule has 29 heteroatoms. The number of nitrogens with one attached hydrogen (secondary N) is 5. The van der Waals surface area contributed by atoms with Gasteiger partial charge in [0.1, 0.15) is 17.5 Å². The lowest BCUT2D eigenvalue weighted by Crippen LogP contribution is -2.41. The van der Waals surface area contributed by atoms with Crippen LogP contribution in [0, 0.1) is 36.5 Å². The van der Waals surface area contributed by atoms with Gasteiger partial charge in [0.15, 0.2) is 33.9 Å². The summed E-state index contributed by atoms with van der Waals surface area (Å²) in [7, 11) is -3.75. The number of likely N-dealkylation sites (tertiary alicyclic amines) is 2. The quantitative estimate of drug-likeness (QED) is 0.0439. The summed E-state index contributed by atoms with van der Waals surface area (Å²) in [5.41, 5.74) is 7.75. The van der Waals surface area contributed by atoms with E-state index in [1.165, 1.54) is 3.97 Å². The number of halogens is 1. The number of carbonyl (C=O) groups is 2. The van der Waals surface area contributed by atoms with E-state index < -0.39 is 10.0 Å². The molecule has 0 spiro atoms. The van der Waals surface area contributed by atoms with Gasteiger partial charge in [-0.3, -0.25) is 13.2 Å². The summed E-state index contributed by atoms with van der Waals surface area (Å²) in [5.74, 6) is 5.46. The highest BCUT2D eigenvalue weighted by Gasteiger charge is 2.40. The van der Waals surface area contributed by atoms with Crippen molar-refractivity contribution in [2.75, 3.05) is 78.8 Å². The molecule has 4 amide bonds. The van der Waals surface area contributed by atoms with Gasteiger partial charge in [0.25, 0.3) is 10.0 Å². The number of carbonyl (C=O) groups excluding carboxylic acids is 2. The van der Waals surface area contributed by atoms with Crippen molar-refractivity contribution in [3.05, 3.63) is 103 Å². The number of fused-ring (bicyclic) bond motifs is 9. The molecule has 1 aromatic carbocycles. The molecule has 15 rings (SSSR count). The van der Waals surface area contributed by atoms with Gasteiger partial charge >= 0.3 is 12.1 Å². The van der Waals surface area contributed by atoms with Crippen molar-refractivity contribution < 1.29 is 27.5 Å². The molecular formula is C61H77IN20O6S2. The summed E-state index contributed by atoms with van der Waals surface area (Å²) in [6.45, 7) is 17.7. The molecule has 1 unspecified atom stereocenters. The average molecular weight is 1380 g/mol. The first kappa shape index (κ1) is 62.9. The molecule has 0 radical (unpaired) electrons. The molecule has 14 heterocycles. The topological polar surface area (TPSA) is 295 Å². The van der Waals surface area contributed by atoms with Crippen LogP contribution in [0.25, 0.3) is 50.4 Å². The number of benzene rings is 1. The second-order valence-electron chi connectivity index (χ2n) is 24.0. The number of hydrogen-bond donors (Lipinski definition) is 5. The third-order valence-corrected chi connectivity index (χ3v) is 20.4. The van der Waals surface area contributed by atoms with Gasteiger partial charge in [0, 0.05) is 112 Å². The fourth-order valence-corrected chi connectivity index (χ4v) is 14.8. The molecule has 90 heavy (non-hydrogen) atoms. The first-order valence-corrected chi connectivity index (χ1v) is 34.4. The maximum absolute atomic E-state index is 13.2. The molecule has 5 N–H and O–H groups in total. The lowest BCUT2D eigenvalue weighted by molar-refractivity contribution is 0.0664. The molecular weight excluding hydrogens is 1300 g/mol. The standard InChI is InChI=1S/2C20H27N7O2.C20H22N6O2S.CHIS/c2*1-2-14-11-26(20(28)23-9-13-4-7-29-8-5-13)12-15(14)19-25-24-17-10-22-18-16(27(17)19)3-6-21-18;1-3-14-10-21-11-16(14)19-24-23-18-12-22-20-17(26(18)19)8-9-25(20)29(27,28)15-6-4-13(2)5-7-15;2-1-3/h2*3,6,10,13-15,21H,2,4-5,7-9,11-12H2,1H3,(H,23,28);4-9,12,14,16,21H,3,10-11H2,1-2H3;1H/t2*14-,15+;14-,16?;/m101./s1. The Balaban J connectivity index is 0.000000128. The lowest BCUT2D eigenvalue weighted by Gasteiger charge is -2.24. The van der Waals surface area contributed by atoms with Gasteiger partial charge in [-0.05, 0) is 122 Å². The molecule has 0 aliphatic carbocycles. The molecule has 476 valence electrons. The van der Waals surface area contributed by atoms with Gasteiger partial charge < -0.3 is 45.2 Å². The second kappa shape index (κ2) is 28.0. The van der Waals surface area contributed by atoms with Crippen molar-refractivity contribution in [3.8, 4) is 0 Å². The van der Waals surface area contributed by atoms with E-state index in [4.69, 9.17) is 9.47 Å². The molecule has 10 aromatic rings. The predicted molar refractivity (Wildman–Crippen MR) is 352 cm³/mol. The molecule has 5 aliphatic rings. The molecule has 0 saturated carbocycles. The van der Waals surface area contributed by atoms with Gasteiger partial charge in [-0.15, -0.1) is 30.6 Å². The second-order valence-corrected chi connectivity index (χ2v) is 27.5. The highest BCUT2D eigenvalue weighted by atomic mass is 127. The van der Waals surface area contributed by atoms with Crippen LogP contribution in [-0.2, 0) is 19.5 Å². The minimum absolute atomic E-state index is 0.0275. The molecule has 26 nitrogen and oxygen atoms in total. The van der Waals surface area contributed by atoms with Crippen LogP contribution < -0.4 is 16.0 Å². The normalized spacial score (nSPS) is 21.6. The highest BCUT2D eigenvalue weighted by molar-refractivity contribution is 14.1. The number of nitrogens with zero attached hydrogens (tertiary/aromatic N) is 15. The zero-order chi connectivity index (χ0) is 62.5. The largest absolute Gasteiger partial charge is 0.381 e. The number of aryl methyl sites for hydroxylation is 1. The molecule has 5 aliphatic heterocycles. The Hall–Kier alpha value is -7.32. The maximum Gasteiger partial charge on any atom is 0.317 e. The molecule has 0 bridgehead atoms. The number of ether oxygens (including phenoxy) is 2. The van der Waals surface area contributed by atoms with Crippen LogP contribution >= 0.6 is 34.8 Å². The fraction of sp³-hybridized carbons (Fsp3) is 0.508. The lowest BCUT2D eigenvalue weighted by atomic mass is 9.93. The Kier molecular flexibility index (Phi) is 19.6. The third-order valence-electron chi connectivity index (χ3n) is 18.7. The number of aromatic nitrogens is 15. The summed E-state index contributed by atoms with van der Waals surface area (Å²) >= 11 is 6.23. The average Bonchev–Trinajstić information content (AvgIpc) is 1.61. The van der Waals surface area contributed by atoms with Gasteiger partial charge in [-0.1, -0.05) is 69.9 Å². The summed E-state index contributed by atoms with van der Waals surface area (Å²) in [6.07, 6.45) is 17.5. The first-order chi connectivity index (χ1) is 43.9. The van der Waals surface area contributed by atoms with Crippen LogP contribution in [0.1, 0.15) is 107 Å². The minimum atomic E-state index is -3.75. The number of aromatic amines is 2. The van der Waals surface area contributed by atoms with Gasteiger partial charge in [-0.2, -0.15) is 0 Å². The minimum Gasteiger partial charge on any atom is -0.381 e. The van der Waals surface area contributed by atoms with Crippen LogP contribution in [0.3, 0.4) is 0 Å². The SMILES string of the molecule is CC[C@@H]1CN(C(=O)NCC2CCOCC2)C[C@@H]1c1nnc2cnc3[nH]ccc3n12.CC[C@@H]1CNCC1c1nnc2cnc3c(ccn3S(=O)(=O)c3ccc(C)cc3)n12.CC[C@H]1CN(C(=O)NCC2CCOCC2)C[C@H]1c1nnc2cnc3[nH]ccc3n12.S=CI. The summed E-state index contributed by atoms with van der Waals surface area (Å²) in [5, 5.41) is 36.1. The Morgan fingerprint density at radius 2 is 1.07 bits per heavy atom. The first-order valence-electron chi connectivity index (χ1n) is 31.2. The predicted octanol–water partition coefficient (Wildman–Crippen LogP) is 8.05. The van der Waals surface area contributed by atoms with Crippen molar-refractivity contribution in [1.29, 1.82) is 0 Å². The maximum atomic E-state index is 13.2. The number of urea groups is 2. The van der Waals surface area contributed by atoms with E-state index in [0.29, 0.717) is 59.5 Å². The van der Waals surface area contributed by atoms with Crippen molar-refractivity contribution in [3.63, 3.8) is 0 Å². The van der Waals surface area contributed by atoms with E-state index in [0.717, 1.165) is 167 Å². The van der Waals surface area contributed by atoms with Gasteiger partial charge in [-0.25, -0.2) is 36.9 Å². The monoisotopic (exact) mass is 1380 g/mol. The van der Waals surface area contributed by atoms with Crippen LogP contribution in [0.5, 0.6) is 0 Å². The summed E-state index contributed by atoms with van der Waals surface area (Å²) in [4.78, 5) is 49.3. The van der Waals surface area contributed by atoms with Crippen molar-refractivity contribution in [2.45, 2.75) is 95.3 Å². The molecule has 6 atom stereocenters. The van der Waals surface area contributed by atoms with Gasteiger partial charge in [0.2, 0.25) is 0 Å². The number of H-pyrrole nitrogens is 2. The zero-order valence-electron chi connectivity index (χ0n) is 51.0. The van der Waals surface area contributed by atoms with Crippen molar-refractivity contribution in [1.82, 2.24) is 98.4 Å². The number of rotatable bonds is 12. The van der Waals surface area contributed by atoms with Crippen LogP contribution in [0.15, 0.2) is 84.5 Å². The summed E-state index contributed by atoms with van der Waals surface area (Å²) < 4.78 is 46.1. The molecule has 5 fully saturated rings. The molecule has 5 saturated heterocycles. The fourth-order valence-electron chi connectivity index (χ4n) is 13.5. The van der Waals surface area contributed by atoms with Crippen LogP contribution in [0.2, 0.25) is 0 Å². The van der Waals surface area contributed by atoms with E-state index in [2.05, 4.69) is 113 Å². The van der Waals surface area contributed by atoms with Crippen LogP contribution in [0.4, 0.5) is 9.59 Å². The number of thiocarbonyl (C=S) groups is 1. The number of amides is 4. The zero-order valence-corrected chi connectivity index (χ0v) is 54.8. The van der Waals surface area contributed by atoms with Crippen molar-refractivity contribution in [2.24, 2.45) is 29.6 Å². The van der Waals surface area contributed by atoms with E-state index >= 15 is 0 Å². The Morgan fingerprint density at radius 3 is 1.54 bits per heavy atom. The third kappa shape index (κ3) is 12.8. The number of hydrogen-bond acceptors (Lipinski definition) is 17. The van der Waals surface area contributed by atoms with E-state index in [-0.39, 0.29) is 34.7 Å². The van der Waals surface area contributed by atoms with E-state index in [1.807, 2.05) is 68.2 Å². The Morgan fingerprint density at radius 1 is 0.611 bits per heavy atom. The van der Waals surface area contributed by atoms with E-state index in [1.54, 1.807) is 58.5 Å². The Labute approximate surface area is 539 Å². The van der Waals surface area contributed by atoms with Crippen LogP contribution in [-0.4, -0.2) is 185 Å². The smallest absolute Gasteiger partial charge is 0.317 e.